The van der Waals surface area contributed by atoms with Gasteiger partial charge in [0.2, 0.25) is 5.91 Å². The average Bonchev–Trinajstić information content (AvgIpc) is 3.79. The number of quaternary nitrogens is 1. The van der Waals surface area contributed by atoms with Crippen LogP contribution in [0.3, 0.4) is 0 Å². The number of piperazine rings is 1. The molecule has 6 rings (SSSR count). The molecule has 2 aromatic carbocycles. The van der Waals surface area contributed by atoms with Gasteiger partial charge in [0.25, 0.3) is 11.8 Å². The molecule has 4 heterocycles. The molecule has 1 atom stereocenters. The number of amides is 3. The number of ether oxygens (including phenoxy) is 1. The lowest BCUT2D eigenvalue weighted by Gasteiger charge is -2.36. The number of nitrogens with one attached hydrogen (secondary N) is 1. The van der Waals surface area contributed by atoms with Crippen LogP contribution in [0.1, 0.15) is 27.4 Å². The standard InChI is InChI=1S/C35H38Cl2F2N8O4/c1-43-28(25-8-7-23(29(38)30(25)39)26-19-46(14-16-51-4)42-31(26)37)18-40-32(43)33(48)41-22-5-6-24(27(36)17-22)35(50)45-12-10-44(11-13-45)34(49)21-9-15-47(2,3)20-21/h5-8,17-19,21H,9-16,20H2,1-4H3/p+1. The molecule has 0 saturated carbocycles. The topological polar surface area (TPSA) is 115 Å². The zero-order valence-corrected chi connectivity index (χ0v) is 30.3. The van der Waals surface area contributed by atoms with Crippen molar-refractivity contribution in [2.24, 2.45) is 13.0 Å². The molecule has 2 aromatic heterocycles. The smallest absolute Gasteiger partial charge is 0.291 e. The van der Waals surface area contributed by atoms with Gasteiger partial charge in [-0.1, -0.05) is 29.3 Å². The second kappa shape index (κ2) is 14.7. The number of hydrogen-bond donors (Lipinski definition) is 1. The van der Waals surface area contributed by atoms with E-state index in [9.17, 15) is 14.4 Å². The molecule has 12 nitrogen and oxygen atoms in total. The number of methoxy groups -OCH3 is 1. The Morgan fingerprint density at radius 3 is 2.35 bits per heavy atom. The van der Waals surface area contributed by atoms with Gasteiger partial charge in [0.05, 0.1) is 68.7 Å². The number of aromatic nitrogens is 4. The molecule has 51 heavy (non-hydrogen) atoms. The van der Waals surface area contributed by atoms with Gasteiger partial charge in [0.15, 0.2) is 22.6 Å². The summed E-state index contributed by atoms with van der Waals surface area (Å²) in [6.07, 6.45) is 3.66. The van der Waals surface area contributed by atoms with Crippen LogP contribution in [-0.2, 0) is 23.1 Å². The number of rotatable bonds is 9. The molecule has 0 radical (unpaired) electrons. The number of halogens is 4. The van der Waals surface area contributed by atoms with Gasteiger partial charge >= 0.3 is 0 Å². The van der Waals surface area contributed by atoms with E-state index in [1.165, 1.54) is 60.1 Å². The summed E-state index contributed by atoms with van der Waals surface area (Å²) in [7, 11) is 7.31. The predicted molar refractivity (Wildman–Crippen MR) is 189 cm³/mol. The first-order valence-corrected chi connectivity index (χ1v) is 17.3. The van der Waals surface area contributed by atoms with Crippen LogP contribution in [0.4, 0.5) is 14.5 Å². The van der Waals surface area contributed by atoms with Gasteiger partial charge in [-0.25, -0.2) is 13.8 Å². The minimum Gasteiger partial charge on any atom is -0.383 e. The molecular weight excluding hydrogens is 705 g/mol. The van der Waals surface area contributed by atoms with E-state index in [0.717, 1.165) is 24.0 Å². The van der Waals surface area contributed by atoms with Crippen molar-refractivity contribution >= 4 is 46.6 Å². The molecule has 0 aliphatic carbocycles. The largest absolute Gasteiger partial charge is 0.383 e. The maximum Gasteiger partial charge on any atom is 0.291 e. The quantitative estimate of drug-likeness (QED) is 0.246. The predicted octanol–water partition coefficient (Wildman–Crippen LogP) is 4.82. The molecule has 2 aliphatic heterocycles. The number of likely N-dealkylation sites (tertiary alicyclic amines) is 1. The highest BCUT2D eigenvalue weighted by molar-refractivity contribution is 6.34. The molecule has 2 saturated heterocycles. The number of hydrogen-bond acceptors (Lipinski definition) is 6. The summed E-state index contributed by atoms with van der Waals surface area (Å²) >= 11 is 12.7. The highest BCUT2D eigenvalue weighted by Crippen LogP contribution is 2.35. The summed E-state index contributed by atoms with van der Waals surface area (Å²) in [6.45, 7) is 4.26. The molecule has 1 N–H and O–H groups in total. The van der Waals surface area contributed by atoms with Crippen molar-refractivity contribution in [3.63, 3.8) is 0 Å². The van der Waals surface area contributed by atoms with Crippen LogP contribution >= 0.6 is 23.2 Å². The molecule has 270 valence electrons. The van der Waals surface area contributed by atoms with Crippen LogP contribution in [0.15, 0.2) is 42.7 Å². The summed E-state index contributed by atoms with van der Waals surface area (Å²) < 4.78 is 39.5. The van der Waals surface area contributed by atoms with E-state index in [0.29, 0.717) is 45.0 Å². The summed E-state index contributed by atoms with van der Waals surface area (Å²) in [6, 6.07) is 7.33. The molecule has 3 amide bonds. The van der Waals surface area contributed by atoms with E-state index in [-0.39, 0.29) is 61.7 Å². The van der Waals surface area contributed by atoms with Gasteiger partial charge in [-0.05, 0) is 24.3 Å². The van der Waals surface area contributed by atoms with E-state index in [1.807, 2.05) is 4.90 Å². The van der Waals surface area contributed by atoms with Crippen LogP contribution < -0.4 is 5.32 Å². The van der Waals surface area contributed by atoms with Gasteiger partial charge in [-0.2, -0.15) is 5.10 Å². The minimum absolute atomic E-state index is 0.0154. The second-order valence-electron chi connectivity index (χ2n) is 13.5. The molecule has 0 spiro atoms. The van der Waals surface area contributed by atoms with Crippen molar-refractivity contribution in [2.45, 2.75) is 13.0 Å². The fourth-order valence-corrected chi connectivity index (χ4v) is 7.21. The first-order chi connectivity index (χ1) is 24.3. The zero-order valence-electron chi connectivity index (χ0n) is 28.8. The lowest BCUT2D eigenvalue weighted by molar-refractivity contribution is -0.878. The number of carbonyl (C=O) groups excluding carboxylic acids is 3. The molecule has 1 unspecified atom stereocenters. The number of nitrogens with zero attached hydrogens (tertiary/aromatic N) is 7. The van der Waals surface area contributed by atoms with Crippen LogP contribution in [-0.4, -0.2) is 118 Å². The Balaban J connectivity index is 1.10. The molecule has 2 fully saturated rings. The third kappa shape index (κ3) is 7.50. The minimum atomic E-state index is -1.14. The van der Waals surface area contributed by atoms with Crippen LogP contribution in [0.2, 0.25) is 10.2 Å². The Kier molecular flexibility index (Phi) is 10.5. The molecule has 0 bridgehead atoms. The maximum absolute atomic E-state index is 15.5. The Bertz CT molecular complexity index is 1990. The van der Waals surface area contributed by atoms with Crippen molar-refractivity contribution < 1.29 is 32.4 Å². The molecule has 16 heteroatoms. The Morgan fingerprint density at radius 1 is 1.00 bits per heavy atom. The Labute approximate surface area is 304 Å². The van der Waals surface area contributed by atoms with Crippen LogP contribution in [0, 0.1) is 17.6 Å². The lowest BCUT2D eigenvalue weighted by Crippen LogP contribution is -2.52. The fourth-order valence-electron chi connectivity index (χ4n) is 6.70. The molecule has 2 aliphatic rings. The van der Waals surface area contributed by atoms with Crippen molar-refractivity contribution in [1.29, 1.82) is 0 Å². The third-order valence-corrected chi connectivity index (χ3v) is 10.2. The van der Waals surface area contributed by atoms with Gasteiger partial charge in [-0.3, -0.25) is 19.1 Å². The summed E-state index contributed by atoms with van der Waals surface area (Å²) in [5.74, 6) is -3.05. The summed E-state index contributed by atoms with van der Waals surface area (Å²) in [4.78, 5) is 47.3. The van der Waals surface area contributed by atoms with E-state index < -0.39 is 17.5 Å². The SMILES string of the molecule is COCCn1cc(-c2ccc(-c3cnc(C(=O)Nc4ccc(C(=O)N5CCN(C(=O)C6CC[N+](C)(C)C6)CC5)c(Cl)c4)n3C)c(F)c2F)c(Cl)n1. The number of anilines is 1. The second-order valence-corrected chi connectivity index (χ2v) is 14.3. The van der Waals surface area contributed by atoms with Crippen molar-refractivity contribution in [1.82, 2.24) is 29.1 Å². The van der Waals surface area contributed by atoms with Crippen LogP contribution in [0.5, 0.6) is 0 Å². The van der Waals surface area contributed by atoms with Crippen molar-refractivity contribution in [3.05, 3.63) is 75.9 Å². The number of imidazole rings is 1. The Hall–Kier alpha value is -4.37. The van der Waals surface area contributed by atoms with E-state index in [2.05, 4.69) is 29.5 Å². The summed E-state index contributed by atoms with van der Waals surface area (Å²) in [5, 5.41) is 6.99. The zero-order chi connectivity index (χ0) is 36.6. The normalized spacial score (nSPS) is 17.2. The monoisotopic (exact) mass is 743 g/mol. The van der Waals surface area contributed by atoms with E-state index >= 15 is 8.78 Å². The van der Waals surface area contributed by atoms with Crippen LogP contribution in [0.25, 0.3) is 22.4 Å². The van der Waals surface area contributed by atoms with Gasteiger partial charge in [0.1, 0.15) is 0 Å². The van der Waals surface area contributed by atoms with Gasteiger partial charge < -0.3 is 28.9 Å². The Morgan fingerprint density at radius 2 is 1.69 bits per heavy atom. The fraction of sp³-hybridized carbons (Fsp3) is 0.400. The molecular formula is C35H39Cl2F2N8O4+. The highest BCUT2D eigenvalue weighted by atomic mass is 35.5. The number of carbonyl (C=O) groups is 3. The lowest BCUT2D eigenvalue weighted by atomic mass is 10.0. The van der Waals surface area contributed by atoms with E-state index in [4.69, 9.17) is 27.9 Å². The number of benzene rings is 2. The first-order valence-electron chi connectivity index (χ1n) is 16.5. The molecule has 4 aromatic rings. The van der Waals surface area contributed by atoms with Gasteiger partial charge in [0, 0.05) is 75.3 Å². The third-order valence-electron chi connectivity index (χ3n) is 9.56. The van der Waals surface area contributed by atoms with Crippen molar-refractivity contribution in [2.75, 3.05) is 72.4 Å². The first kappa shape index (κ1) is 36.4. The average molecular weight is 745 g/mol. The van der Waals surface area contributed by atoms with E-state index in [1.54, 1.807) is 11.0 Å². The van der Waals surface area contributed by atoms with Crippen molar-refractivity contribution in [3.8, 4) is 22.4 Å². The summed E-state index contributed by atoms with van der Waals surface area (Å²) in [5.41, 5.74) is 0.800. The highest BCUT2D eigenvalue weighted by Gasteiger charge is 2.38. The van der Waals surface area contributed by atoms with Gasteiger partial charge in [-0.15, -0.1) is 0 Å². The maximum atomic E-state index is 15.5.